The highest BCUT2D eigenvalue weighted by molar-refractivity contribution is 7.80. The van der Waals surface area contributed by atoms with Crippen LogP contribution in [-0.2, 0) is 0 Å². The molecule has 0 radical (unpaired) electrons. The number of carbonyl (C=O) groups excluding carboxylic acids is 1. The number of hydrogen-bond acceptors (Lipinski definition) is 3. The van der Waals surface area contributed by atoms with E-state index in [4.69, 9.17) is 12.2 Å². The molecule has 10 heteroatoms. The second-order valence-electron chi connectivity index (χ2n) is 7.21. The number of anilines is 1. The summed E-state index contributed by atoms with van der Waals surface area (Å²) in [5.41, 5.74) is -0.557. The fourth-order valence-electron chi connectivity index (χ4n) is 3.58. The van der Waals surface area contributed by atoms with Gasteiger partial charge in [-0.25, -0.2) is 22.0 Å². The molecule has 1 heterocycles. The molecule has 1 aliphatic rings. The summed E-state index contributed by atoms with van der Waals surface area (Å²) in [4.78, 5) is 15.2. The largest absolute Gasteiger partial charge is 0.363 e. The lowest BCUT2D eigenvalue weighted by molar-refractivity contribution is 0.0973. The van der Waals surface area contributed by atoms with Crippen molar-refractivity contribution in [3.05, 3.63) is 77.1 Å². The van der Waals surface area contributed by atoms with E-state index in [0.29, 0.717) is 5.56 Å². The van der Waals surface area contributed by atoms with E-state index in [0.717, 1.165) is 15.7 Å². The molecule has 0 spiro atoms. The predicted octanol–water partition coefficient (Wildman–Crippen LogP) is 4.37. The van der Waals surface area contributed by atoms with E-state index < -0.39 is 40.7 Å². The zero-order chi connectivity index (χ0) is 23.0. The predicted molar refractivity (Wildman–Crippen MR) is 114 cm³/mol. The van der Waals surface area contributed by atoms with Crippen LogP contribution in [0, 0.1) is 29.1 Å². The van der Waals surface area contributed by atoms with E-state index in [1.54, 1.807) is 17.0 Å². The maximum Gasteiger partial charge on any atom is 0.257 e. The summed E-state index contributed by atoms with van der Waals surface area (Å²) in [7, 11) is 0. The normalized spacial score (nSPS) is 14.0. The first-order chi connectivity index (χ1) is 15.3. The van der Waals surface area contributed by atoms with Crippen molar-refractivity contribution in [1.29, 1.82) is 0 Å². The Balaban J connectivity index is 1.42. The third-order valence-corrected chi connectivity index (χ3v) is 5.66. The van der Waals surface area contributed by atoms with Gasteiger partial charge in [0.05, 0.1) is 0 Å². The second-order valence-corrected chi connectivity index (χ2v) is 7.60. The number of benzene rings is 3. The van der Waals surface area contributed by atoms with Crippen molar-refractivity contribution in [3.8, 4) is 0 Å². The molecule has 4 rings (SSSR count). The summed E-state index contributed by atoms with van der Waals surface area (Å²) in [6, 6.07) is 12.8. The number of nitrogens with zero attached hydrogens (tertiary/aromatic N) is 2. The molecule has 4 nitrogen and oxygen atoms in total. The van der Waals surface area contributed by atoms with Crippen molar-refractivity contribution in [2.45, 2.75) is 0 Å². The maximum atomic E-state index is 14.1. The summed E-state index contributed by atoms with van der Waals surface area (Å²) in [6.07, 6.45) is 0. The summed E-state index contributed by atoms with van der Waals surface area (Å²) < 4.78 is 68.4. The van der Waals surface area contributed by atoms with Crippen LogP contribution in [0.25, 0.3) is 10.8 Å². The van der Waals surface area contributed by atoms with Crippen molar-refractivity contribution in [3.63, 3.8) is 0 Å². The van der Waals surface area contributed by atoms with Gasteiger partial charge in [0.25, 0.3) is 5.91 Å². The van der Waals surface area contributed by atoms with E-state index in [1.807, 2.05) is 30.3 Å². The molecule has 0 aliphatic carbocycles. The molecule has 1 aliphatic heterocycles. The molecule has 32 heavy (non-hydrogen) atoms. The Morgan fingerprint density at radius 3 is 1.97 bits per heavy atom. The van der Waals surface area contributed by atoms with Gasteiger partial charge in [-0.1, -0.05) is 30.3 Å². The minimum Gasteiger partial charge on any atom is -0.363 e. The molecule has 0 atom stereocenters. The monoisotopic (exact) mass is 465 g/mol. The number of thiocarbonyl (C=S) groups is 1. The summed E-state index contributed by atoms with van der Waals surface area (Å²) >= 11 is 5.27. The number of fused-ring (bicyclic) bond motifs is 1. The fourth-order valence-corrected chi connectivity index (χ4v) is 3.86. The highest BCUT2D eigenvalue weighted by Gasteiger charge is 2.31. The van der Waals surface area contributed by atoms with Crippen molar-refractivity contribution in [1.82, 2.24) is 10.2 Å². The average Bonchev–Trinajstić information content (AvgIpc) is 2.81. The zero-order valence-electron chi connectivity index (χ0n) is 16.5. The molecule has 3 aromatic carbocycles. The van der Waals surface area contributed by atoms with Crippen molar-refractivity contribution in [2.75, 3.05) is 31.1 Å². The van der Waals surface area contributed by atoms with Crippen molar-refractivity contribution < 1.29 is 26.7 Å². The van der Waals surface area contributed by atoms with Crippen LogP contribution in [0.5, 0.6) is 0 Å². The Kier molecular flexibility index (Phi) is 5.96. The lowest BCUT2D eigenvalue weighted by Crippen LogP contribution is -2.53. The van der Waals surface area contributed by atoms with Gasteiger partial charge in [-0.05, 0) is 35.1 Å². The lowest BCUT2D eigenvalue weighted by atomic mass is 10.1. The van der Waals surface area contributed by atoms with E-state index in [9.17, 15) is 26.7 Å². The van der Waals surface area contributed by atoms with Gasteiger partial charge >= 0.3 is 0 Å². The van der Waals surface area contributed by atoms with Gasteiger partial charge in [-0.2, -0.15) is 0 Å². The van der Waals surface area contributed by atoms with Gasteiger partial charge in [0.2, 0.25) is 5.82 Å². The summed E-state index contributed by atoms with van der Waals surface area (Å²) in [6.45, 7) is 0.140. The minimum atomic E-state index is -2.19. The molecule has 3 aromatic rings. The van der Waals surface area contributed by atoms with E-state index in [2.05, 4.69) is 5.32 Å². The molecule has 1 fully saturated rings. The van der Waals surface area contributed by atoms with Gasteiger partial charge in [0.1, 0.15) is 5.69 Å². The third-order valence-electron chi connectivity index (χ3n) is 5.30. The third kappa shape index (κ3) is 3.97. The maximum absolute atomic E-state index is 14.1. The molecular weight excluding hydrogens is 449 g/mol. The highest BCUT2D eigenvalue weighted by atomic mass is 32.1. The molecule has 0 unspecified atom stereocenters. The van der Waals surface area contributed by atoms with E-state index >= 15 is 0 Å². The molecule has 1 N–H and O–H groups in total. The smallest absolute Gasteiger partial charge is 0.257 e. The molecule has 166 valence electrons. The van der Waals surface area contributed by atoms with Gasteiger partial charge in [0.15, 0.2) is 28.4 Å². The summed E-state index contributed by atoms with van der Waals surface area (Å²) in [5, 5.41) is 4.60. The van der Waals surface area contributed by atoms with Crippen LogP contribution in [0.3, 0.4) is 0 Å². The second kappa shape index (κ2) is 8.70. The van der Waals surface area contributed by atoms with Gasteiger partial charge in [-0.3, -0.25) is 10.1 Å². The van der Waals surface area contributed by atoms with Crippen LogP contribution in [0.4, 0.5) is 27.6 Å². The number of carbonyl (C=O) groups is 1. The Labute approximate surface area is 185 Å². The number of amides is 1. The van der Waals surface area contributed by atoms with Crippen LogP contribution >= 0.6 is 12.2 Å². The Hall–Kier alpha value is -3.27. The van der Waals surface area contributed by atoms with Gasteiger partial charge in [0, 0.05) is 31.7 Å². The molecule has 1 saturated heterocycles. The number of hydrogen-bond donors (Lipinski definition) is 1. The number of nitrogens with one attached hydrogen (secondary N) is 1. The van der Waals surface area contributed by atoms with Crippen molar-refractivity contribution >= 4 is 39.7 Å². The fraction of sp³-hybridized carbons (Fsp3) is 0.182. The van der Waals surface area contributed by atoms with E-state index in [1.165, 1.54) is 0 Å². The molecular formula is C22H16F5N3OS. The first-order valence-electron chi connectivity index (χ1n) is 9.63. The van der Waals surface area contributed by atoms with Crippen LogP contribution < -0.4 is 10.2 Å². The van der Waals surface area contributed by atoms with Crippen LogP contribution in [0.1, 0.15) is 10.4 Å². The number of halogens is 5. The SMILES string of the molecule is O=C(NC(=S)N1CCN(c2c(F)c(F)c(F)c(F)c2F)CC1)c1ccc2ccccc2c1. The molecule has 1 amide bonds. The Bertz CT molecular complexity index is 1200. The molecule has 0 aromatic heterocycles. The first kappa shape index (κ1) is 21.9. The topological polar surface area (TPSA) is 35.6 Å². The number of rotatable bonds is 2. The van der Waals surface area contributed by atoms with Gasteiger partial charge in [-0.15, -0.1) is 0 Å². The zero-order valence-corrected chi connectivity index (χ0v) is 17.3. The standard InChI is InChI=1S/C22H16F5N3OS/c23-15-16(24)18(26)20(19(27)17(15)25)29-7-9-30(10-8-29)22(32)28-21(31)14-6-5-12-3-1-2-4-13(12)11-14/h1-6,11H,7-10H2,(H,28,31,32). The minimum absolute atomic E-state index is 0.0513. The first-order valence-corrected chi connectivity index (χ1v) is 10.0. The molecule has 0 saturated carbocycles. The van der Waals surface area contributed by atoms with E-state index in [-0.39, 0.29) is 31.3 Å². The van der Waals surface area contributed by atoms with Crippen LogP contribution in [0.15, 0.2) is 42.5 Å². The quantitative estimate of drug-likeness (QED) is 0.264. The molecule has 0 bridgehead atoms. The van der Waals surface area contributed by atoms with Crippen molar-refractivity contribution in [2.24, 2.45) is 0 Å². The average molecular weight is 465 g/mol. The van der Waals surface area contributed by atoms with Crippen LogP contribution in [-0.4, -0.2) is 42.1 Å². The highest BCUT2D eigenvalue weighted by Crippen LogP contribution is 2.30. The summed E-state index contributed by atoms with van der Waals surface area (Å²) in [5.74, 6) is -10.3. The Morgan fingerprint density at radius 1 is 0.781 bits per heavy atom. The number of piperazine rings is 1. The van der Waals surface area contributed by atoms with Crippen LogP contribution in [0.2, 0.25) is 0 Å². The van der Waals surface area contributed by atoms with Gasteiger partial charge < -0.3 is 9.80 Å². The lowest BCUT2D eigenvalue weighted by Gasteiger charge is -2.37. The Morgan fingerprint density at radius 2 is 1.34 bits per heavy atom.